The molecule has 0 heterocycles. The zero-order valence-electron chi connectivity index (χ0n) is 7.96. The molecule has 3 nitrogen and oxygen atoms in total. The number of rotatable bonds is 3. The lowest BCUT2D eigenvalue weighted by molar-refractivity contribution is 0.905. The van der Waals surface area contributed by atoms with Crippen LogP contribution in [0.4, 0.5) is 5.69 Å². The van der Waals surface area contributed by atoms with Crippen molar-refractivity contribution in [2.24, 2.45) is 0 Å². The molecule has 0 amide bonds. The molecule has 0 atom stereocenters. The fraction of sp³-hybridized carbons (Fsp3) is 0.200. The maximum atomic E-state index is 8.35. The molecule has 1 rings (SSSR count). The van der Waals surface area contributed by atoms with Crippen molar-refractivity contribution in [1.29, 1.82) is 5.26 Å². The quantitative estimate of drug-likeness (QED) is 0.661. The SMILES string of the molecule is N#CCCNC(=S)Nc1cccc(Br)c1. The van der Waals surface area contributed by atoms with Crippen molar-refractivity contribution in [2.75, 3.05) is 11.9 Å². The largest absolute Gasteiger partial charge is 0.361 e. The van der Waals surface area contributed by atoms with Gasteiger partial charge in [0, 0.05) is 16.7 Å². The van der Waals surface area contributed by atoms with Crippen molar-refractivity contribution in [3.05, 3.63) is 28.7 Å². The number of nitrogens with one attached hydrogen (secondary N) is 2. The van der Waals surface area contributed by atoms with Crippen molar-refractivity contribution in [2.45, 2.75) is 6.42 Å². The second kappa shape index (κ2) is 6.38. The van der Waals surface area contributed by atoms with E-state index in [9.17, 15) is 0 Å². The Hall–Kier alpha value is -1.12. The predicted octanol–water partition coefficient (Wildman–Crippen LogP) is 2.65. The fourth-order valence-electron chi connectivity index (χ4n) is 0.973. The molecule has 0 spiro atoms. The van der Waals surface area contributed by atoms with Crippen LogP contribution in [0, 0.1) is 11.3 Å². The van der Waals surface area contributed by atoms with Gasteiger partial charge in [0.25, 0.3) is 0 Å². The zero-order chi connectivity index (χ0) is 11.1. The maximum absolute atomic E-state index is 8.35. The third-order valence-electron chi connectivity index (χ3n) is 1.60. The molecule has 15 heavy (non-hydrogen) atoms. The van der Waals surface area contributed by atoms with E-state index >= 15 is 0 Å². The second-order valence-corrected chi connectivity index (χ2v) is 4.12. The molecule has 0 bridgehead atoms. The molecule has 0 saturated carbocycles. The molecular formula is C10H10BrN3S. The lowest BCUT2D eigenvalue weighted by atomic mass is 10.3. The summed E-state index contributed by atoms with van der Waals surface area (Å²) in [7, 11) is 0. The van der Waals surface area contributed by atoms with Gasteiger partial charge in [0.2, 0.25) is 0 Å². The molecule has 0 fully saturated rings. The van der Waals surface area contributed by atoms with Gasteiger partial charge in [-0.3, -0.25) is 0 Å². The summed E-state index contributed by atoms with van der Waals surface area (Å²) in [5.41, 5.74) is 0.916. The third kappa shape index (κ3) is 4.77. The lowest BCUT2D eigenvalue weighted by Crippen LogP contribution is -2.28. The number of thiocarbonyl (C=S) groups is 1. The van der Waals surface area contributed by atoms with Gasteiger partial charge in [-0.15, -0.1) is 0 Å². The van der Waals surface area contributed by atoms with E-state index in [0.717, 1.165) is 10.2 Å². The van der Waals surface area contributed by atoms with Gasteiger partial charge < -0.3 is 10.6 Å². The van der Waals surface area contributed by atoms with E-state index in [1.807, 2.05) is 30.3 Å². The molecule has 1 aromatic rings. The smallest absolute Gasteiger partial charge is 0.170 e. The number of halogens is 1. The normalized spacial score (nSPS) is 9.07. The van der Waals surface area contributed by atoms with Crippen molar-refractivity contribution in [3.8, 4) is 6.07 Å². The van der Waals surface area contributed by atoms with E-state index in [1.165, 1.54) is 0 Å². The highest BCUT2D eigenvalue weighted by Gasteiger charge is 1.96. The average Bonchev–Trinajstić information content (AvgIpc) is 2.18. The van der Waals surface area contributed by atoms with Crippen molar-refractivity contribution >= 4 is 38.9 Å². The first-order chi connectivity index (χ1) is 7.22. The van der Waals surface area contributed by atoms with Gasteiger partial charge in [-0.25, -0.2) is 0 Å². The van der Waals surface area contributed by atoms with Crippen molar-refractivity contribution < 1.29 is 0 Å². The van der Waals surface area contributed by atoms with Crippen LogP contribution in [0.25, 0.3) is 0 Å². The van der Waals surface area contributed by atoms with Gasteiger partial charge in [0.15, 0.2) is 5.11 Å². The molecule has 5 heteroatoms. The topological polar surface area (TPSA) is 47.9 Å². The molecular weight excluding hydrogens is 274 g/mol. The van der Waals surface area contributed by atoms with Crippen LogP contribution in [0.5, 0.6) is 0 Å². The Balaban J connectivity index is 2.42. The first-order valence-electron chi connectivity index (χ1n) is 4.40. The van der Waals surface area contributed by atoms with Crippen LogP contribution in [-0.2, 0) is 0 Å². The fourth-order valence-corrected chi connectivity index (χ4v) is 1.59. The van der Waals surface area contributed by atoms with Crippen LogP contribution in [-0.4, -0.2) is 11.7 Å². The van der Waals surface area contributed by atoms with Gasteiger partial charge in [0.1, 0.15) is 0 Å². The minimum absolute atomic E-state index is 0.445. The number of hydrogen-bond acceptors (Lipinski definition) is 2. The highest BCUT2D eigenvalue weighted by molar-refractivity contribution is 9.10. The third-order valence-corrected chi connectivity index (χ3v) is 2.34. The Kier molecular flexibility index (Phi) is 5.08. The van der Waals surface area contributed by atoms with Gasteiger partial charge >= 0.3 is 0 Å². The molecule has 0 aromatic heterocycles. The lowest BCUT2D eigenvalue weighted by Gasteiger charge is -2.09. The van der Waals surface area contributed by atoms with Gasteiger partial charge in [-0.2, -0.15) is 5.26 Å². The first kappa shape index (κ1) is 12.0. The molecule has 0 aliphatic heterocycles. The molecule has 0 unspecified atom stereocenters. The van der Waals surface area contributed by atoms with Gasteiger partial charge in [-0.1, -0.05) is 22.0 Å². The van der Waals surface area contributed by atoms with Crippen LogP contribution < -0.4 is 10.6 Å². The van der Waals surface area contributed by atoms with Crippen LogP contribution in [0.3, 0.4) is 0 Å². The summed E-state index contributed by atoms with van der Waals surface area (Å²) in [5.74, 6) is 0. The predicted molar refractivity (Wildman–Crippen MR) is 68.6 cm³/mol. The summed E-state index contributed by atoms with van der Waals surface area (Å²) in [5, 5.41) is 14.8. The molecule has 0 aliphatic carbocycles. The molecule has 0 saturated heterocycles. The van der Waals surface area contributed by atoms with Crippen LogP contribution in [0.2, 0.25) is 0 Å². The Bertz CT molecular complexity index is 386. The minimum Gasteiger partial charge on any atom is -0.361 e. The molecule has 78 valence electrons. The monoisotopic (exact) mass is 283 g/mol. The van der Waals surface area contributed by atoms with E-state index in [4.69, 9.17) is 17.5 Å². The van der Waals surface area contributed by atoms with E-state index in [2.05, 4.69) is 26.6 Å². The van der Waals surface area contributed by atoms with Gasteiger partial charge in [0.05, 0.1) is 12.5 Å². The summed E-state index contributed by atoms with van der Waals surface area (Å²) in [6.45, 7) is 0.566. The second-order valence-electron chi connectivity index (χ2n) is 2.80. The Morgan fingerprint density at radius 3 is 3.00 bits per heavy atom. The number of nitriles is 1. The molecule has 2 N–H and O–H groups in total. The number of nitrogens with zero attached hydrogens (tertiary/aromatic N) is 1. The number of hydrogen-bond donors (Lipinski definition) is 2. The summed E-state index contributed by atoms with van der Waals surface area (Å²) in [6.07, 6.45) is 0.445. The zero-order valence-corrected chi connectivity index (χ0v) is 10.4. The Labute approximate surface area is 103 Å². The average molecular weight is 284 g/mol. The summed E-state index contributed by atoms with van der Waals surface area (Å²) in [4.78, 5) is 0. The van der Waals surface area contributed by atoms with Gasteiger partial charge in [-0.05, 0) is 30.4 Å². The highest BCUT2D eigenvalue weighted by atomic mass is 79.9. The first-order valence-corrected chi connectivity index (χ1v) is 5.60. The van der Waals surface area contributed by atoms with Crippen LogP contribution >= 0.6 is 28.1 Å². The molecule has 0 aliphatic rings. The highest BCUT2D eigenvalue weighted by Crippen LogP contribution is 2.15. The molecule has 1 aromatic carbocycles. The summed E-state index contributed by atoms with van der Waals surface area (Å²) >= 11 is 8.41. The van der Waals surface area contributed by atoms with Crippen LogP contribution in [0.15, 0.2) is 28.7 Å². The van der Waals surface area contributed by atoms with Crippen molar-refractivity contribution in [1.82, 2.24) is 5.32 Å². The maximum Gasteiger partial charge on any atom is 0.170 e. The molecule has 0 radical (unpaired) electrons. The standard InChI is InChI=1S/C10H10BrN3S/c11-8-3-1-4-9(7-8)14-10(15)13-6-2-5-12/h1,3-4,7H,2,6H2,(H2,13,14,15). The van der Waals surface area contributed by atoms with E-state index in [1.54, 1.807) is 0 Å². The van der Waals surface area contributed by atoms with E-state index < -0.39 is 0 Å². The summed E-state index contributed by atoms with van der Waals surface area (Å²) in [6, 6.07) is 9.75. The van der Waals surface area contributed by atoms with Crippen LogP contribution in [0.1, 0.15) is 6.42 Å². The summed E-state index contributed by atoms with van der Waals surface area (Å²) < 4.78 is 0.993. The Morgan fingerprint density at radius 2 is 2.33 bits per heavy atom. The number of benzene rings is 1. The van der Waals surface area contributed by atoms with Crippen molar-refractivity contribution in [3.63, 3.8) is 0 Å². The van der Waals surface area contributed by atoms with E-state index in [-0.39, 0.29) is 0 Å². The number of anilines is 1. The minimum atomic E-state index is 0.445. The van der Waals surface area contributed by atoms with E-state index in [0.29, 0.717) is 18.1 Å². The Morgan fingerprint density at radius 1 is 1.53 bits per heavy atom.